The number of para-hydroxylation sites is 2. The summed E-state index contributed by atoms with van der Waals surface area (Å²) in [5.74, 6) is 0.865. The summed E-state index contributed by atoms with van der Waals surface area (Å²) >= 11 is 0. The zero-order valence-electron chi connectivity index (χ0n) is 23.5. The first kappa shape index (κ1) is 29.1. The second-order valence-electron chi connectivity index (χ2n) is 9.69. The van der Waals surface area contributed by atoms with E-state index in [0.29, 0.717) is 25.2 Å². The Morgan fingerprint density at radius 2 is 1.54 bits per heavy atom. The molecule has 0 atom stereocenters. The zero-order valence-corrected chi connectivity index (χ0v) is 23.5. The summed E-state index contributed by atoms with van der Waals surface area (Å²) in [5, 5.41) is 22.2. The van der Waals surface area contributed by atoms with Crippen LogP contribution in [0.2, 0.25) is 0 Å². The number of nitrogens with zero attached hydrogens (tertiary/aromatic N) is 1. The number of amidine groups is 2. The molecule has 0 spiro atoms. The van der Waals surface area contributed by atoms with Gasteiger partial charge in [-0.1, -0.05) is 48.5 Å². The maximum absolute atomic E-state index is 11.5. The molecule has 0 saturated carbocycles. The average molecular weight is 552 g/mol. The summed E-state index contributed by atoms with van der Waals surface area (Å²) < 4.78 is 5.20. The number of nitrogens with two attached hydrogens (primary N) is 1. The molecule has 9 heteroatoms. The highest BCUT2D eigenvalue weighted by molar-refractivity contribution is 6.00. The lowest BCUT2D eigenvalue weighted by Crippen LogP contribution is -2.43. The lowest BCUT2D eigenvalue weighted by molar-refractivity contribution is -0.119. The van der Waals surface area contributed by atoms with Crippen molar-refractivity contribution in [3.8, 4) is 5.75 Å². The summed E-state index contributed by atoms with van der Waals surface area (Å²) in [4.78, 5) is 19.6. The number of amides is 1. The van der Waals surface area contributed by atoms with Crippen LogP contribution in [0.3, 0.4) is 0 Å². The lowest BCUT2D eigenvalue weighted by Gasteiger charge is -2.26. The lowest BCUT2D eigenvalue weighted by atomic mass is 10.1. The number of aromatic nitrogens is 2. The smallest absolute Gasteiger partial charge is 0.234 e. The zero-order chi connectivity index (χ0) is 29.2. The Kier molecular flexibility index (Phi) is 9.90. The first-order chi connectivity index (χ1) is 19.9. The van der Waals surface area contributed by atoms with E-state index >= 15 is 0 Å². The minimum atomic E-state index is -0.334. The Hall–Kier alpha value is -4.89. The van der Waals surface area contributed by atoms with Gasteiger partial charge in [-0.25, -0.2) is 0 Å². The molecule has 1 amide bonds. The molecular weight excluding hydrogens is 514 g/mol. The number of hydrogen-bond donors (Lipinski definition) is 6. The van der Waals surface area contributed by atoms with Crippen molar-refractivity contribution in [1.29, 1.82) is 10.8 Å². The fourth-order valence-electron chi connectivity index (χ4n) is 4.56. The van der Waals surface area contributed by atoms with Gasteiger partial charge in [0.2, 0.25) is 5.91 Å². The van der Waals surface area contributed by atoms with Crippen LogP contribution in [0.4, 0.5) is 0 Å². The van der Waals surface area contributed by atoms with Gasteiger partial charge in [-0.3, -0.25) is 15.6 Å². The number of ether oxygens (including phenoxy) is 1. The predicted molar refractivity (Wildman–Crippen MR) is 166 cm³/mol. The van der Waals surface area contributed by atoms with E-state index in [1.807, 2.05) is 60.9 Å². The molecule has 0 bridgehead atoms. The van der Waals surface area contributed by atoms with Crippen LogP contribution in [0.1, 0.15) is 23.1 Å². The number of carbonyl (C=O) groups excluding carboxylic acids is 1. The van der Waals surface area contributed by atoms with Gasteiger partial charge in [0.1, 0.15) is 17.4 Å². The highest BCUT2D eigenvalue weighted by Crippen LogP contribution is 2.20. The molecule has 9 nitrogen and oxygen atoms in total. The predicted octanol–water partition coefficient (Wildman–Crippen LogP) is 5.12. The van der Waals surface area contributed by atoms with E-state index in [1.54, 1.807) is 12.0 Å². The fraction of sp³-hybridized carbons (Fsp3) is 0.219. The molecule has 0 aliphatic rings. The number of hydrogen-bond acceptors (Lipinski definition) is 5. The Bertz CT molecular complexity index is 1620. The van der Waals surface area contributed by atoms with Crippen LogP contribution in [-0.2, 0) is 17.8 Å². The number of nitrogens with one attached hydrogen (secondary N) is 5. The summed E-state index contributed by atoms with van der Waals surface area (Å²) in [6.45, 7) is 2.35. The Labute approximate surface area is 239 Å². The van der Waals surface area contributed by atoms with E-state index < -0.39 is 0 Å². The number of aromatic amines is 2. The maximum atomic E-state index is 11.5. The molecule has 3 aromatic carbocycles. The number of H-pyrrole nitrogens is 2. The van der Waals surface area contributed by atoms with Gasteiger partial charge in [0, 0.05) is 40.6 Å². The van der Waals surface area contributed by atoms with Crippen molar-refractivity contribution in [3.63, 3.8) is 0 Å². The molecule has 0 radical (unpaired) electrons. The first-order valence-corrected chi connectivity index (χ1v) is 13.5. The van der Waals surface area contributed by atoms with Crippen molar-refractivity contribution < 1.29 is 9.53 Å². The number of benzene rings is 3. The standard InChI is InChI=1S/C23H28N6O2.C9H9N/c1-31-18-9-6-16(7-10-18)15-29(22(26)14-28-23(30)12-24)21(25)11-8-17-13-27-20-5-3-2-4-19(17)20;1-7-6-10-9-5-3-2-4-8(7)9/h2-7,9-10,13,25-27H,8,11-12,14-15,24H2,1H3,(H,28,30);2-6,10H,1H3. The average Bonchev–Trinajstić information content (AvgIpc) is 3.61. The van der Waals surface area contributed by atoms with Crippen molar-refractivity contribution in [1.82, 2.24) is 20.2 Å². The molecule has 5 aromatic rings. The molecule has 7 N–H and O–H groups in total. The van der Waals surface area contributed by atoms with Crippen molar-refractivity contribution in [2.45, 2.75) is 26.3 Å². The molecular formula is C32H37N7O2. The first-order valence-electron chi connectivity index (χ1n) is 13.5. The van der Waals surface area contributed by atoms with Gasteiger partial charge in [-0.15, -0.1) is 0 Å². The van der Waals surface area contributed by atoms with Crippen molar-refractivity contribution in [3.05, 3.63) is 102 Å². The number of methoxy groups -OCH3 is 1. The largest absolute Gasteiger partial charge is 0.497 e. The SMILES string of the molecule is COc1ccc(CN(C(=N)CCc2c[nH]c3ccccc23)C(=N)CNC(=O)CN)cc1.Cc1c[nH]c2ccccc12. The van der Waals surface area contributed by atoms with E-state index in [-0.39, 0.29) is 24.8 Å². The molecule has 41 heavy (non-hydrogen) atoms. The molecule has 212 valence electrons. The second-order valence-corrected chi connectivity index (χ2v) is 9.69. The van der Waals surface area contributed by atoms with E-state index in [9.17, 15) is 4.79 Å². The van der Waals surface area contributed by atoms with Crippen molar-refractivity contribution in [2.75, 3.05) is 20.2 Å². The van der Waals surface area contributed by atoms with Gasteiger partial charge in [-0.05, 0) is 54.3 Å². The third kappa shape index (κ3) is 7.61. The number of aryl methyl sites for hydroxylation is 2. The summed E-state index contributed by atoms with van der Waals surface area (Å²) in [6.07, 6.45) is 5.14. The monoisotopic (exact) mass is 551 g/mol. The molecule has 0 saturated heterocycles. The van der Waals surface area contributed by atoms with Crippen LogP contribution < -0.4 is 15.8 Å². The number of fused-ring (bicyclic) bond motifs is 2. The van der Waals surface area contributed by atoms with Gasteiger partial charge in [0.15, 0.2) is 0 Å². The topological polar surface area (TPSA) is 147 Å². The molecule has 2 heterocycles. The number of carbonyl (C=O) groups is 1. The highest BCUT2D eigenvalue weighted by atomic mass is 16.5. The fourth-order valence-corrected chi connectivity index (χ4v) is 4.56. The van der Waals surface area contributed by atoms with Crippen molar-refractivity contribution in [2.24, 2.45) is 5.73 Å². The third-order valence-corrected chi connectivity index (χ3v) is 6.89. The minimum absolute atomic E-state index is 0.0155. The van der Waals surface area contributed by atoms with Gasteiger partial charge in [0.05, 0.1) is 26.7 Å². The van der Waals surface area contributed by atoms with E-state index in [4.69, 9.17) is 21.3 Å². The summed E-state index contributed by atoms with van der Waals surface area (Å²) in [7, 11) is 1.61. The van der Waals surface area contributed by atoms with Crippen LogP contribution in [0.15, 0.2) is 85.2 Å². The van der Waals surface area contributed by atoms with Crippen LogP contribution in [-0.4, -0.2) is 52.6 Å². The van der Waals surface area contributed by atoms with Gasteiger partial charge in [-0.2, -0.15) is 0 Å². The normalized spacial score (nSPS) is 10.6. The third-order valence-electron chi connectivity index (χ3n) is 6.89. The van der Waals surface area contributed by atoms with Crippen LogP contribution in [0.25, 0.3) is 21.8 Å². The highest BCUT2D eigenvalue weighted by Gasteiger charge is 2.17. The Morgan fingerprint density at radius 1 is 0.902 bits per heavy atom. The molecule has 2 aromatic heterocycles. The summed E-state index contributed by atoms with van der Waals surface area (Å²) in [6, 6.07) is 23.9. The van der Waals surface area contributed by atoms with Crippen LogP contribution >= 0.6 is 0 Å². The molecule has 5 rings (SSSR count). The van der Waals surface area contributed by atoms with E-state index in [2.05, 4.69) is 46.5 Å². The minimum Gasteiger partial charge on any atom is -0.497 e. The second kappa shape index (κ2) is 14.0. The van der Waals surface area contributed by atoms with Crippen LogP contribution in [0.5, 0.6) is 5.75 Å². The molecule has 0 aliphatic carbocycles. The quantitative estimate of drug-likeness (QED) is 0.111. The number of rotatable bonds is 9. The van der Waals surface area contributed by atoms with E-state index in [1.165, 1.54) is 16.5 Å². The van der Waals surface area contributed by atoms with Crippen molar-refractivity contribution >= 4 is 39.4 Å². The van der Waals surface area contributed by atoms with Gasteiger partial charge >= 0.3 is 0 Å². The summed E-state index contributed by atoms with van der Waals surface area (Å²) in [5.41, 5.74) is 11.0. The Balaban J connectivity index is 0.000000322. The van der Waals surface area contributed by atoms with E-state index in [0.717, 1.165) is 27.8 Å². The Morgan fingerprint density at radius 3 is 2.20 bits per heavy atom. The molecule has 0 unspecified atom stereocenters. The maximum Gasteiger partial charge on any atom is 0.234 e. The molecule has 0 fully saturated rings. The van der Waals surface area contributed by atoms with Gasteiger partial charge < -0.3 is 30.7 Å². The van der Waals surface area contributed by atoms with Crippen LogP contribution in [0, 0.1) is 17.7 Å². The van der Waals surface area contributed by atoms with Gasteiger partial charge in [0.25, 0.3) is 0 Å². The molecule has 0 aliphatic heterocycles.